The molecule has 0 heterocycles. The molecule has 0 aliphatic rings. The molecule has 0 radical (unpaired) electrons. The van der Waals surface area contributed by atoms with Crippen LogP contribution < -0.4 is 11.2 Å². The predicted octanol–water partition coefficient (Wildman–Crippen LogP) is 2.42. The van der Waals surface area contributed by atoms with Crippen molar-refractivity contribution in [3.05, 3.63) is 48.0 Å². The fourth-order valence-electron chi connectivity index (χ4n) is 1.40. The number of hydrogen-bond acceptors (Lipinski definition) is 2. The van der Waals surface area contributed by atoms with Crippen LogP contribution in [0.25, 0.3) is 0 Å². The number of carbonyl (C=O) groups is 1. The Labute approximate surface area is 101 Å². The van der Waals surface area contributed by atoms with Gasteiger partial charge in [0.15, 0.2) is 0 Å². The molecule has 0 saturated carbocycles. The van der Waals surface area contributed by atoms with Crippen molar-refractivity contribution in [1.82, 2.24) is 5.43 Å². The van der Waals surface area contributed by atoms with Crippen molar-refractivity contribution >= 4 is 11.7 Å². The van der Waals surface area contributed by atoms with Crippen molar-refractivity contribution in [3.8, 4) is 0 Å². The van der Waals surface area contributed by atoms with Crippen LogP contribution in [0.4, 0.5) is 4.79 Å². The summed E-state index contributed by atoms with van der Waals surface area (Å²) in [5.41, 5.74) is 9.09. The van der Waals surface area contributed by atoms with Crippen LogP contribution in [0.3, 0.4) is 0 Å². The maximum atomic E-state index is 10.7. The Morgan fingerprint density at radius 3 is 2.71 bits per heavy atom. The molecule has 2 amide bonds. The smallest absolute Gasteiger partial charge is 0.332 e. The van der Waals surface area contributed by atoms with E-state index in [1.54, 1.807) is 0 Å². The monoisotopic (exact) mass is 231 g/mol. The zero-order chi connectivity index (χ0) is 12.5. The van der Waals surface area contributed by atoms with E-state index in [0.29, 0.717) is 0 Å². The van der Waals surface area contributed by atoms with E-state index >= 15 is 0 Å². The van der Waals surface area contributed by atoms with E-state index in [0.717, 1.165) is 24.1 Å². The van der Waals surface area contributed by atoms with Crippen molar-refractivity contribution in [2.45, 2.75) is 19.8 Å². The molecule has 4 nitrogen and oxygen atoms in total. The van der Waals surface area contributed by atoms with Crippen molar-refractivity contribution in [3.63, 3.8) is 0 Å². The lowest BCUT2D eigenvalue weighted by Gasteiger charge is -2.05. The molecule has 4 heteroatoms. The van der Waals surface area contributed by atoms with E-state index in [-0.39, 0.29) is 0 Å². The van der Waals surface area contributed by atoms with Crippen molar-refractivity contribution in [1.29, 1.82) is 0 Å². The second kappa shape index (κ2) is 7.22. The molecule has 0 saturated heterocycles. The number of nitrogens with zero attached hydrogens (tertiary/aromatic N) is 1. The summed E-state index contributed by atoms with van der Waals surface area (Å²) in [6.45, 7) is 1.97. The van der Waals surface area contributed by atoms with E-state index in [1.165, 1.54) is 0 Å². The summed E-state index contributed by atoms with van der Waals surface area (Å²) in [4.78, 5) is 10.7. The zero-order valence-electron chi connectivity index (χ0n) is 9.89. The molecule has 1 aromatic carbocycles. The third-order valence-electron chi connectivity index (χ3n) is 2.19. The number of urea groups is 1. The Hall–Kier alpha value is -2.10. The van der Waals surface area contributed by atoms with Gasteiger partial charge in [0.2, 0.25) is 0 Å². The summed E-state index contributed by atoms with van der Waals surface area (Å²) in [6, 6.07) is 9.07. The van der Waals surface area contributed by atoms with Crippen LogP contribution in [-0.4, -0.2) is 11.7 Å². The molecule has 17 heavy (non-hydrogen) atoms. The number of carbonyl (C=O) groups excluding carboxylic acids is 1. The minimum Gasteiger partial charge on any atom is -0.350 e. The number of allylic oxidation sites excluding steroid dienone is 2. The number of hydrazone groups is 1. The van der Waals surface area contributed by atoms with Crippen molar-refractivity contribution in [2.24, 2.45) is 10.8 Å². The molecule has 90 valence electrons. The highest BCUT2D eigenvalue weighted by atomic mass is 16.2. The number of nitrogens with one attached hydrogen (secondary N) is 1. The fraction of sp³-hybridized carbons (Fsp3) is 0.231. The standard InChI is InChI=1S/C13H17N3O/c1-2-3-5-10-12(15-16-13(14)17)11-8-6-4-7-9-11/h2-4,6-9H,5,10H2,1H3,(H3,14,16,17)/b3-2-,15-12-. The Morgan fingerprint density at radius 2 is 2.12 bits per heavy atom. The van der Waals surface area contributed by atoms with E-state index in [9.17, 15) is 4.79 Å². The lowest BCUT2D eigenvalue weighted by atomic mass is 10.1. The first-order valence-corrected chi connectivity index (χ1v) is 5.52. The molecular formula is C13H17N3O. The molecule has 0 fully saturated rings. The van der Waals surface area contributed by atoms with Crippen molar-refractivity contribution in [2.75, 3.05) is 0 Å². The quantitative estimate of drug-likeness (QED) is 0.456. The Kier molecular flexibility index (Phi) is 5.51. The number of amides is 2. The second-order valence-corrected chi connectivity index (χ2v) is 3.51. The Bertz CT molecular complexity index is 410. The fourth-order valence-corrected chi connectivity index (χ4v) is 1.40. The molecule has 3 N–H and O–H groups in total. The lowest BCUT2D eigenvalue weighted by Crippen LogP contribution is -2.26. The molecule has 0 aromatic heterocycles. The first-order chi connectivity index (χ1) is 8.24. The summed E-state index contributed by atoms with van der Waals surface area (Å²) in [5, 5.41) is 4.02. The summed E-state index contributed by atoms with van der Waals surface area (Å²) >= 11 is 0. The second-order valence-electron chi connectivity index (χ2n) is 3.51. The first kappa shape index (κ1) is 13.0. The Balaban J connectivity index is 2.78. The van der Waals surface area contributed by atoms with Crippen molar-refractivity contribution < 1.29 is 4.79 Å². The molecule has 0 aliphatic heterocycles. The number of benzene rings is 1. The van der Waals surface area contributed by atoms with Gasteiger partial charge in [0.25, 0.3) is 0 Å². The number of primary amides is 1. The average Bonchev–Trinajstić information content (AvgIpc) is 2.34. The molecule has 0 bridgehead atoms. The van der Waals surface area contributed by atoms with Gasteiger partial charge in [-0.05, 0) is 25.3 Å². The summed E-state index contributed by atoms with van der Waals surface area (Å²) in [6.07, 6.45) is 5.69. The van der Waals surface area contributed by atoms with Gasteiger partial charge in [0, 0.05) is 0 Å². The SMILES string of the molecule is C/C=C\CC/C(=N/NC(N)=O)c1ccccc1. The highest BCUT2D eigenvalue weighted by molar-refractivity contribution is 6.01. The number of rotatable bonds is 5. The van der Waals surface area contributed by atoms with Crippen LogP contribution in [-0.2, 0) is 0 Å². The molecule has 1 aromatic rings. The lowest BCUT2D eigenvalue weighted by molar-refractivity contribution is 0.249. The van der Waals surface area contributed by atoms with Gasteiger partial charge in [0.1, 0.15) is 0 Å². The van der Waals surface area contributed by atoms with Gasteiger partial charge in [-0.1, -0.05) is 42.5 Å². The third kappa shape index (κ3) is 4.97. The maximum absolute atomic E-state index is 10.7. The normalized spacial score (nSPS) is 11.7. The topological polar surface area (TPSA) is 67.5 Å². The van der Waals surface area contributed by atoms with E-state index in [1.807, 2.05) is 43.3 Å². The first-order valence-electron chi connectivity index (χ1n) is 5.52. The molecule has 0 aliphatic carbocycles. The summed E-state index contributed by atoms with van der Waals surface area (Å²) < 4.78 is 0. The van der Waals surface area contributed by atoms with E-state index in [2.05, 4.69) is 16.6 Å². The van der Waals surface area contributed by atoms with Crippen LogP contribution in [0.1, 0.15) is 25.3 Å². The zero-order valence-corrected chi connectivity index (χ0v) is 9.89. The predicted molar refractivity (Wildman–Crippen MR) is 69.7 cm³/mol. The van der Waals surface area contributed by atoms with Crippen LogP contribution in [0.15, 0.2) is 47.6 Å². The largest absolute Gasteiger partial charge is 0.350 e. The highest BCUT2D eigenvalue weighted by Gasteiger charge is 2.02. The van der Waals surface area contributed by atoms with Gasteiger partial charge in [-0.3, -0.25) is 0 Å². The number of hydrogen-bond donors (Lipinski definition) is 2. The minimum absolute atomic E-state index is 0.649. The average molecular weight is 231 g/mol. The van der Waals surface area contributed by atoms with Gasteiger partial charge in [0.05, 0.1) is 5.71 Å². The van der Waals surface area contributed by atoms with Gasteiger partial charge in [-0.2, -0.15) is 5.10 Å². The van der Waals surface area contributed by atoms with Gasteiger partial charge >= 0.3 is 6.03 Å². The molecule has 0 spiro atoms. The maximum Gasteiger partial charge on any atom is 0.332 e. The van der Waals surface area contributed by atoms with Crippen LogP contribution in [0.2, 0.25) is 0 Å². The summed E-state index contributed by atoms with van der Waals surface area (Å²) in [7, 11) is 0. The molecular weight excluding hydrogens is 214 g/mol. The van der Waals surface area contributed by atoms with Gasteiger partial charge in [-0.25, -0.2) is 10.2 Å². The number of nitrogens with two attached hydrogens (primary N) is 1. The van der Waals surface area contributed by atoms with Gasteiger partial charge < -0.3 is 5.73 Å². The highest BCUT2D eigenvalue weighted by Crippen LogP contribution is 2.06. The van der Waals surface area contributed by atoms with E-state index in [4.69, 9.17) is 5.73 Å². The van der Waals surface area contributed by atoms with Crippen LogP contribution in [0, 0.1) is 0 Å². The molecule has 0 atom stereocenters. The molecule has 0 unspecified atom stereocenters. The Morgan fingerprint density at radius 1 is 1.41 bits per heavy atom. The van der Waals surface area contributed by atoms with Gasteiger partial charge in [-0.15, -0.1) is 0 Å². The minimum atomic E-state index is -0.649. The third-order valence-corrected chi connectivity index (χ3v) is 2.19. The van der Waals surface area contributed by atoms with E-state index < -0.39 is 6.03 Å². The van der Waals surface area contributed by atoms with Crippen LogP contribution >= 0.6 is 0 Å². The van der Waals surface area contributed by atoms with Crippen LogP contribution in [0.5, 0.6) is 0 Å². The molecule has 1 rings (SSSR count). The summed E-state index contributed by atoms with van der Waals surface area (Å²) in [5.74, 6) is 0.